The predicted molar refractivity (Wildman–Crippen MR) is 179 cm³/mol. The van der Waals surface area contributed by atoms with Gasteiger partial charge >= 0.3 is 0 Å². The van der Waals surface area contributed by atoms with E-state index in [-0.39, 0.29) is 18.4 Å². The van der Waals surface area contributed by atoms with Crippen molar-refractivity contribution in [3.8, 4) is 11.5 Å². The van der Waals surface area contributed by atoms with Crippen molar-refractivity contribution in [2.24, 2.45) is 11.7 Å². The van der Waals surface area contributed by atoms with Crippen molar-refractivity contribution < 1.29 is 38.0 Å². The standard InChI is InChI=1S/C35H53N3O8/c1-28(2)8-6-4-5-7-9-34(39)37-25-30-12-15-32(33(24-30)41-3)46-26-29-10-13-31(14-11-29)38-35(40)27-45-23-22-44-21-20-43-19-18-42-17-16-36/h6,8,10-15,24,28H,4-5,7,9,16-23,25-27,36H2,1-3H3,(H,37,39)(H,38,40)/b8-6+. The minimum atomic E-state index is -0.250. The molecule has 46 heavy (non-hydrogen) atoms. The fourth-order valence-electron chi connectivity index (χ4n) is 4.10. The van der Waals surface area contributed by atoms with Crippen LogP contribution in [-0.2, 0) is 41.7 Å². The Bertz CT molecular complexity index is 1140. The molecular weight excluding hydrogens is 590 g/mol. The number of rotatable bonds is 26. The Morgan fingerprint density at radius 1 is 0.804 bits per heavy atom. The normalized spacial score (nSPS) is 11.2. The molecule has 11 heteroatoms. The maximum atomic E-state index is 12.2. The molecule has 0 bridgehead atoms. The van der Waals surface area contributed by atoms with Crippen LogP contribution in [0, 0.1) is 5.92 Å². The van der Waals surface area contributed by atoms with Gasteiger partial charge in [-0.05, 0) is 60.6 Å². The average Bonchev–Trinajstić information content (AvgIpc) is 3.05. The van der Waals surface area contributed by atoms with Crippen molar-refractivity contribution in [3.63, 3.8) is 0 Å². The molecule has 0 saturated heterocycles. The molecule has 4 N–H and O–H groups in total. The van der Waals surface area contributed by atoms with Gasteiger partial charge in [0.1, 0.15) is 13.2 Å². The highest BCUT2D eigenvalue weighted by atomic mass is 16.6. The zero-order valence-corrected chi connectivity index (χ0v) is 27.7. The van der Waals surface area contributed by atoms with Crippen molar-refractivity contribution in [2.45, 2.75) is 52.7 Å². The van der Waals surface area contributed by atoms with Crippen LogP contribution in [0.2, 0.25) is 0 Å². The quantitative estimate of drug-likeness (QED) is 0.0989. The summed E-state index contributed by atoms with van der Waals surface area (Å²) in [5.74, 6) is 1.55. The molecule has 0 aliphatic carbocycles. The Morgan fingerprint density at radius 3 is 2.11 bits per heavy atom. The summed E-state index contributed by atoms with van der Waals surface area (Å²) < 4.78 is 32.9. The second kappa shape index (κ2) is 24.7. The number of benzene rings is 2. The molecule has 0 spiro atoms. The van der Waals surface area contributed by atoms with E-state index in [1.54, 1.807) is 7.11 Å². The number of ether oxygens (including phenoxy) is 6. The topological polar surface area (TPSA) is 140 Å². The number of nitrogens with one attached hydrogen (secondary N) is 2. The lowest BCUT2D eigenvalue weighted by Gasteiger charge is -2.13. The number of unbranched alkanes of at least 4 members (excludes halogenated alkanes) is 2. The molecule has 2 aromatic carbocycles. The monoisotopic (exact) mass is 643 g/mol. The highest BCUT2D eigenvalue weighted by molar-refractivity contribution is 5.91. The molecule has 0 heterocycles. The van der Waals surface area contributed by atoms with Gasteiger partial charge in [0, 0.05) is 25.2 Å². The number of hydrogen-bond acceptors (Lipinski definition) is 9. The SMILES string of the molecule is COc1cc(CNC(=O)CCCC/C=C/C(C)C)ccc1OCc1ccc(NC(=O)COCCOCCOCCOCCN)cc1. The summed E-state index contributed by atoms with van der Waals surface area (Å²) in [6.45, 7) is 8.61. The van der Waals surface area contributed by atoms with Gasteiger partial charge in [-0.25, -0.2) is 0 Å². The molecule has 0 aromatic heterocycles. The molecule has 0 unspecified atom stereocenters. The van der Waals surface area contributed by atoms with E-state index < -0.39 is 0 Å². The van der Waals surface area contributed by atoms with Crippen LogP contribution in [0.5, 0.6) is 11.5 Å². The highest BCUT2D eigenvalue weighted by Gasteiger charge is 2.09. The predicted octanol–water partition coefficient (Wildman–Crippen LogP) is 4.63. The number of methoxy groups -OCH3 is 1. The molecule has 2 amide bonds. The lowest BCUT2D eigenvalue weighted by atomic mass is 10.1. The Hall–Kier alpha value is -3.48. The first-order valence-electron chi connectivity index (χ1n) is 16.0. The smallest absolute Gasteiger partial charge is 0.250 e. The third kappa shape index (κ3) is 18.5. The first-order chi connectivity index (χ1) is 22.4. The Labute approximate surface area is 274 Å². The molecule has 0 aliphatic rings. The highest BCUT2D eigenvalue weighted by Crippen LogP contribution is 2.29. The van der Waals surface area contributed by atoms with Crippen LogP contribution in [0.15, 0.2) is 54.6 Å². The van der Waals surface area contributed by atoms with E-state index in [0.717, 1.165) is 30.4 Å². The van der Waals surface area contributed by atoms with Gasteiger partial charge in [0.05, 0.1) is 53.4 Å². The summed E-state index contributed by atoms with van der Waals surface area (Å²) in [4.78, 5) is 24.4. The van der Waals surface area contributed by atoms with E-state index in [4.69, 9.17) is 34.2 Å². The zero-order valence-electron chi connectivity index (χ0n) is 27.7. The Morgan fingerprint density at radius 2 is 1.46 bits per heavy atom. The van der Waals surface area contributed by atoms with Gasteiger partial charge in [-0.2, -0.15) is 0 Å². The number of anilines is 1. The molecule has 256 valence electrons. The van der Waals surface area contributed by atoms with Gasteiger partial charge in [0.25, 0.3) is 0 Å². The van der Waals surface area contributed by atoms with Crippen molar-refractivity contribution in [1.29, 1.82) is 0 Å². The molecule has 0 saturated carbocycles. The van der Waals surface area contributed by atoms with Gasteiger partial charge in [0.15, 0.2) is 11.5 Å². The van der Waals surface area contributed by atoms with Gasteiger partial charge in [-0.15, -0.1) is 0 Å². The number of allylic oxidation sites excluding steroid dienone is 2. The maximum absolute atomic E-state index is 12.2. The summed E-state index contributed by atoms with van der Waals surface area (Å²) in [5, 5.41) is 5.79. The molecule has 2 aromatic rings. The van der Waals surface area contributed by atoms with Crippen molar-refractivity contribution in [3.05, 3.63) is 65.7 Å². The van der Waals surface area contributed by atoms with Gasteiger partial charge in [-0.1, -0.05) is 44.2 Å². The van der Waals surface area contributed by atoms with Crippen molar-refractivity contribution >= 4 is 17.5 Å². The maximum Gasteiger partial charge on any atom is 0.250 e. The van der Waals surface area contributed by atoms with Gasteiger partial charge in [0.2, 0.25) is 11.8 Å². The average molecular weight is 644 g/mol. The van der Waals surface area contributed by atoms with Crippen LogP contribution in [0.25, 0.3) is 0 Å². The third-order valence-corrected chi connectivity index (χ3v) is 6.51. The molecule has 11 nitrogen and oxygen atoms in total. The molecular formula is C35H53N3O8. The van der Waals surface area contributed by atoms with Crippen molar-refractivity contribution in [2.75, 3.05) is 71.8 Å². The minimum Gasteiger partial charge on any atom is -0.493 e. The second-order valence-electron chi connectivity index (χ2n) is 10.9. The third-order valence-electron chi connectivity index (χ3n) is 6.51. The first-order valence-corrected chi connectivity index (χ1v) is 16.0. The molecule has 0 radical (unpaired) electrons. The summed E-state index contributed by atoms with van der Waals surface area (Å²) in [5.41, 5.74) is 7.86. The van der Waals surface area contributed by atoms with Crippen molar-refractivity contribution in [1.82, 2.24) is 5.32 Å². The van der Waals surface area contributed by atoms with Crippen LogP contribution in [0.4, 0.5) is 5.69 Å². The molecule has 0 atom stereocenters. The fraction of sp³-hybridized carbons (Fsp3) is 0.543. The second-order valence-corrected chi connectivity index (χ2v) is 10.9. The van der Waals surface area contributed by atoms with E-state index in [1.165, 1.54) is 0 Å². The fourth-order valence-corrected chi connectivity index (χ4v) is 4.10. The molecule has 0 fully saturated rings. The summed E-state index contributed by atoms with van der Waals surface area (Å²) >= 11 is 0. The number of amides is 2. The number of carbonyl (C=O) groups is 2. The summed E-state index contributed by atoms with van der Waals surface area (Å²) in [6, 6.07) is 13.0. The van der Waals surface area contributed by atoms with Crippen LogP contribution in [0.1, 0.15) is 50.7 Å². The molecule has 2 rings (SSSR count). The zero-order chi connectivity index (χ0) is 33.2. The minimum absolute atomic E-state index is 0.0448. The van der Waals surface area contributed by atoms with E-state index >= 15 is 0 Å². The largest absolute Gasteiger partial charge is 0.493 e. The Kier molecular flexibility index (Phi) is 20.8. The van der Waals surface area contributed by atoms with E-state index in [9.17, 15) is 9.59 Å². The lowest BCUT2D eigenvalue weighted by Crippen LogP contribution is -2.22. The van der Waals surface area contributed by atoms with Crippen LogP contribution < -0.4 is 25.8 Å². The van der Waals surface area contributed by atoms with E-state index in [0.29, 0.717) is 95.5 Å². The Balaban J connectivity index is 1.61. The van der Waals surface area contributed by atoms with Gasteiger partial charge in [-0.3, -0.25) is 9.59 Å². The first kappa shape index (κ1) is 38.7. The molecule has 0 aliphatic heterocycles. The van der Waals surface area contributed by atoms with Crippen LogP contribution in [-0.4, -0.2) is 78.3 Å². The van der Waals surface area contributed by atoms with E-state index in [1.807, 2.05) is 42.5 Å². The van der Waals surface area contributed by atoms with Gasteiger partial charge < -0.3 is 44.8 Å². The summed E-state index contributed by atoms with van der Waals surface area (Å²) in [7, 11) is 1.59. The van der Waals surface area contributed by atoms with Crippen LogP contribution >= 0.6 is 0 Å². The summed E-state index contributed by atoms with van der Waals surface area (Å²) in [6.07, 6.45) is 7.78. The number of carbonyl (C=O) groups excluding carboxylic acids is 2. The lowest BCUT2D eigenvalue weighted by molar-refractivity contribution is -0.122. The van der Waals surface area contributed by atoms with E-state index in [2.05, 4.69) is 36.6 Å². The number of nitrogens with two attached hydrogens (primary N) is 1. The number of hydrogen-bond donors (Lipinski definition) is 3. The van der Waals surface area contributed by atoms with Crippen LogP contribution in [0.3, 0.4) is 0 Å².